The lowest BCUT2D eigenvalue weighted by Crippen LogP contribution is -1.99. The Hall–Kier alpha value is -2.68. The lowest BCUT2D eigenvalue weighted by atomic mass is 10.1. The molecule has 0 bridgehead atoms. The third-order valence-corrected chi connectivity index (χ3v) is 3.71. The number of aromatic nitrogens is 2. The molecule has 0 radical (unpaired) electrons. The molecule has 4 aromatic rings. The molecule has 3 N–H and O–H groups in total. The number of anilines is 1. The van der Waals surface area contributed by atoms with Crippen molar-refractivity contribution in [2.24, 2.45) is 0 Å². The molecular weight excluding hydrogens is 246 g/mol. The Morgan fingerprint density at radius 2 is 1.75 bits per heavy atom. The summed E-state index contributed by atoms with van der Waals surface area (Å²) >= 11 is 0. The van der Waals surface area contributed by atoms with Crippen LogP contribution in [0.2, 0.25) is 0 Å². The lowest BCUT2D eigenvalue weighted by molar-refractivity contribution is 1.16. The molecule has 0 amide bonds. The van der Waals surface area contributed by atoms with Crippen LogP contribution in [0.25, 0.3) is 21.8 Å². The maximum Gasteiger partial charge on any atom is 0.0504 e. The van der Waals surface area contributed by atoms with Crippen LogP contribution in [-0.4, -0.2) is 9.97 Å². The van der Waals surface area contributed by atoms with Gasteiger partial charge in [-0.05, 0) is 41.3 Å². The molecule has 2 aromatic heterocycles. The molecule has 3 nitrogen and oxygen atoms in total. The quantitative estimate of drug-likeness (QED) is 0.507. The standard InChI is InChI=1S/C17H15N3/c1-2-12-6-9-19-17(12)14(3-1)11-20-15-4-5-16-13(10-15)7-8-18-16/h1-10,18-20H,11H2. The van der Waals surface area contributed by atoms with Gasteiger partial charge in [0, 0.05) is 35.5 Å². The zero-order valence-electron chi connectivity index (χ0n) is 11.0. The molecular formula is C17H15N3. The summed E-state index contributed by atoms with van der Waals surface area (Å²) in [5.41, 5.74) is 4.80. The Morgan fingerprint density at radius 1 is 0.850 bits per heavy atom. The fourth-order valence-electron chi connectivity index (χ4n) is 2.66. The van der Waals surface area contributed by atoms with Gasteiger partial charge < -0.3 is 15.3 Å². The molecule has 3 heteroatoms. The summed E-state index contributed by atoms with van der Waals surface area (Å²) in [5, 5.41) is 5.98. The van der Waals surface area contributed by atoms with Gasteiger partial charge in [-0.1, -0.05) is 18.2 Å². The fraction of sp³-hybridized carbons (Fsp3) is 0.0588. The molecule has 0 saturated carbocycles. The first-order chi connectivity index (χ1) is 9.90. The van der Waals surface area contributed by atoms with E-state index in [-0.39, 0.29) is 0 Å². The highest BCUT2D eigenvalue weighted by atomic mass is 14.9. The maximum atomic E-state index is 3.49. The number of hydrogen-bond donors (Lipinski definition) is 3. The van der Waals surface area contributed by atoms with Crippen LogP contribution in [0, 0.1) is 0 Å². The molecule has 0 atom stereocenters. The smallest absolute Gasteiger partial charge is 0.0504 e. The van der Waals surface area contributed by atoms with E-state index in [0.29, 0.717) is 0 Å². The Morgan fingerprint density at radius 3 is 2.75 bits per heavy atom. The van der Waals surface area contributed by atoms with E-state index in [1.807, 2.05) is 12.4 Å². The zero-order chi connectivity index (χ0) is 13.4. The van der Waals surface area contributed by atoms with Crippen molar-refractivity contribution in [1.82, 2.24) is 9.97 Å². The van der Waals surface area contributed by atoms with E-state index < -0.39 is 0 Å². The van der Waals surface area contributed by atoms with Crippen molar-refractivity contribution >= 4 is 27.5 Å². The Kier molecular flexibility index (Phi) is 2.49. The molecule has 0 saturated heterocycles. The van der Waals surface area contributed by atoms with E-state index in [1.54, 1.807) is 0 Å². The van der Waals surface area contributed by atoms with Gasteiger partial charge >= 0.3 is 0 Å². The van der Waals surface area contributed by atoms with Gasteiger partial charge in [-0.2, -0.15) is 0 Å². The second-order valence-corrected chi connectivity index (χ2v) is 4.99. The van der Waals surface area contributed by atoms with Crippen LogP contribution in [0.15, 0.2) is 60.9 Å². The number of aromatic amines is 2. The van der Waals surface area contributed by atoms with Crippen LogP contribution < -0.4 is 5.32 Å². The Bertz CT molecular complexity index is 870. The fourth-order valence-corrected chi connectivity index (χ4v) is 2.66. The number of rotatable bonds is 3. The average molecular weight is 261 g/mol. The molecule has 0 aliphatic carbocycles. The molecule has 20 heavy (non-hydrogen) atoms. The highest BCUT2D eigenvalue weighted by molar-refractivity contribution is 5.84. The summed E-state index contributed by atoms with van der Waals surface area (Å²) in [6.07, 6.45) is 3.95. The molecule has 0 fully saturated rings. The lowest BCUT2D eigenvalue weighted by Gasteiger charge is -2.08. The Balaban J connectivity index is 1.61. The number of benzene rings is 2. The minimum Gasteiger partial charge on any atom is -0.381 e. The SMILES string of the molecule is c1cc(CNc2ccc3[nH]ccc3c2)c2[nH]ccc2c1. The normalized spacial score (nSPS) is 11.2. The van der Waals surface area contributed by atoms with Gasteiger partial charge in [0.15, 0.2) is 0 Å². The summed E-state index contributed by atoms with van der Waals surface area (Å²) < 4.78 is 0. The monoisotopic (exact) mass is 261 g/mol. The van der Waals surface area contributed by atoms with Crippen molar-refractivity contribution in [2.45, 2.75) is 6.54 Å². The first-order valence-corrected chi connectivity index (χ1v) is 6.76. The number of para-hydroxylation sites is 1. The number of fused-ring (bicyclic) bond motifs is 2. The van der Waals surface area contributed by atoms with E-state index in [4.69, 9.17) is 0 Å². The van der Waals surface area contributed by atoms with E-state index in [9.17, 15) is 0 Å². The largest absolute Gasteiger partial charge is 0.381 e. The summed E-state index contributed by atoms with van der Waals surface area (Å²) in [6.45, 7) is 0.813. The van der Waals surface area contributed by atoms with Gasteiger partial charge in [0.25, 0.3) is 0 Å². The summed E-state index contributed by atoms with van der Waals surface area (Å²) in [5.74, 6) is 0. The van der Waals surface area contributed by atoms with Crippen LogP contribution in [-0.2, 0) is 6.54 Å². The average Bonchev–Trinajstić information content (AvgIpc) is 3.13. The molecule has 0 unspecified atom stereocenters. The van der Waals surface area contributed by atoms with E-state index in [2.05, 4.69) is 63.8 Å². The van der Waals surface area contributed by atoms with Crippen LogP contribution >= 0.6 is 0 Å². The first-order valence-electron chi connectivity index (χ1n) is 6.76. The van der Waals surface area contributed by atoms with Gasteiger partial charge in [0.2, 0.25) is 0 Å². The number of nitrogens with one attached hydrogen (secondary N) is 3. The number of hydrogen-bond acceptors (Lipinski definition) is 1. The van der Waals surface area contributed by atoms with Crippen molar-refractivity contribution in [3.8, 4) is 0 Å². The summed E-state index contributed by atoms with van der Waals surface area (Å²) in [7, 11) is 0. The highest BCUT2D eigenvalue weighted by Crippen LogP contribution is 2.21. The maximum absolute atomic E-state index is 3.49. The van der Waals surface area contributed by atoms with Crippen LogP contribution in [0.1, 0.15) is 5.56 Å². The molecule has 4 rings (SSSR count). The van der Waals surface area contributed by atoms with Crippen molar-refractivity contribution < 1.29 is 0 Å². The van der Waals surface area contributed by atoms with E-state index in [1.165, 1.54) is 27.4 Å². The van der Waals surface area contributed by atoms with Crippen LogP contribution in [0.3, 0.4) is 0 Å². The van der Waals surface area contributed by atoms with Crippen molar-refractivity contribution in [3.63, 3.8) is 0 Å². The third-order valence-electron chi connectivity index (χ3n) is 3.71. The molecule has 0 aliphatic rings. The summed E-state index contributed by atoms with van der Waals surface area (Å²) in [4.78, 5) is 6.51. The van der Waals surface area contributed by atoms with Gasteiger partial charge in [-0.15, -0.1) is 0 Å². The van der Waals surface area contributed by atoms with E-state index in [0.717, 1.165) is 12.2 Å². The van der Waals surface area contributed by atoms with E-state index >= 15 is 0 Å². The zero-order valence-corrected chi connectivity index (χ0v) is 11.0. The van der Waals surface area contributed by atoms with Gasteiger partial charge in [0.1, 0.15) is 0 Å². The Labute approximate surface area is 116 Å². The molecule has 0 aliphatic heterocycles. The van der Waals surface area contributed by atoms with Gasteiger partial charge in [0.05, 0.1) is 5.52 Å². The first kappa shape index (κ1) is 11.2. The van der Waals surface area contributed by atoms with Crippen LogP contribution in [0.4, 0.5) is 5.69 Å². The molecule has 2 aromatic carbocycles. The summed E-state index contributed by atoms with van der Waals surface area (Å²) in [6, 6.07) is 16.9. The number of H-pyrrole nitrogens is 2. The highest BCUT2D eigenvalue weighted by Gasteiger charge is 2.02. The predicted molar refractivity (Wildman–Crippen MR) is 83.9 cm³/mol. The van der Waals surface area contributed by atoms with Crippen LogP contribution in [0.5, 0.6) is 0 Å². The molecule has 98 valence electrons. The predicted octanol–water partition coefficient (Wildman–Crippen LogP) is 4.26. The minimum atomic E-state index is 0.813. The van der Waals surface area contributed by atoms with Gasteiger partial charge in [-0.25, -0.2) is 0 Å². The van der Waals surface area contributed by atoms with Crippen molar-refractivity contribution in [2.75, 3.05) is 5.32 Å². The third kappa shape index (κ3) is 1.84. The van der Waals surface area contributed by atoms with Gasteiger partial charge in [-0.3, -0.25) is 0 Å². The van der Waals surface area contributed by atoms with Crippen molar-refractivity contribution in [3.05, 3.63) is 66.5 Å². The topological polar surface area (TPSA) is 43.6 Å². The second-order valence-electron chi connectivity index (χ2n) is 4.99. The second kappa shape index (κ2) is 4.46. The van der Waals surface area contributed by atoms with Crippen molar-refractivity contribution in [1.29, 1.82) is 0 Å². The molecule has 2 heterocycles. The minimum absolute atomic E-state index is 0.813. The molecule has 0 spiro atoms.